The van der Waals surface area contributed by atoms with Crippen LogP contribution in [0.25, 0.3) is 0 Å². The molecule has 4 amide bonds. The average molecular weight is 795 g/mol. The molecule has 0 bridgehead atoms. The summed E-state index contributed by atoms with van der Waals surface area (Å²) in [6.45, 7) is 7.20. The standard InChI is InChI=1S/C33H45BrFN9O6S/c1-33(2,3)28(31(49)44-14-5-6-21(44)19-45)41-26(47)10-9-25(46)37-13-17-51(50)43-15-11-20(12-16-43)39-32-38-18-22(34)30(42-32)40-24-8-4-7-23(35)27(24)29(36)48/h4,7-8,18-21,28H,5-6,9-17H2,1-3H3,(H2,36,48)(H,37,46)(H,41,47)(H2,38,39,40,42). The first-order valence-electron chi connectivity index (χ1n) is 16.8. The van der Waals surface area contributed by atoms with Crippen LogP contribution in [0.15, 0.2) is 28.9 Å². The van der Waals surface area contributed by atoms with Crippen molar-refractivity contribution in [2.45, 2.75) is 77.4 Å². The van der Waals surface area contributed by atoms with Crippen molar-refractivity contribution in [1.29, 1.82) is 0 Å². The molecule has 3 heterocycles. The fraction of sp³-hybridized carbons (Fsp3) is 0.545. The predicted molar refractivity (Wildman–Crippen MR) is 194 cm³/mol. The van der Waals surface area contributed by atoms with Gasteiger partial charge in [0, 0.05) is 51.3 Å². The van der Waals surface area contributed by atoms with Crippen LogP contribution in [0.2, 0.25) is 0 Å². The Bertz CT molecular complexity index is 1640. The smallest absolute Gasteiger partial charge is 0.253 e. The zero-order chi connectivity index (χ0) is 37.3. The minimum Gasteiger partial charge on any atom is -0.365 e. The highest BCUT2D eigenvalue weighted by molar-refractivity contribution is 9.10. The molecule has 2 fully saturated rings. The van der Waals surface area contributed by atoms with Crippen LogP contribution < -0.4 is 27.0 Å². The van der Waals surface area contributed by atoms with Gasteiger partial charge in [0.05, 0.1) is 38.5 Å². The second-order valence-electron chi connectivity index (χ2n) is 13.5. The highest BCUT2D eigenvalue weighted by atomic mass is 79.9. The Morgan fingerprint density at radius 1 is 1.12 bits per heavy atom. The van der Waals surface area contributed by atoms with E-state index >= 15 is 0 Å². The Morgan fingerprint density at radius 3 is 2.49 bits per heavy atom. The number of likely N-dealkylation sites (tertiary alicyclic amines) is 1. The molecule has 18 heteroatoms. The molecule has 1 aromatic heterocycles. The van der Waals surface area contributed by atoms with E-state index in [-0.39, 0.29) is 54.2 Å². The summed E-state index contributed by atoms with van der Waals surface area (Å²) < 4.78 is 29.5. The SMILES string of the molecule is CC(C)(C)C(NC(=O)CCC(=O)NCCS(=O)N1CCC(Nc2ncc(Br)c(Nc3cccc(F)c3C(N)=O)n2)CC1)C(=O)N1CCCC1C=O. The zero-order valence-electron chi connectivity index (χ0n) is 28.9. The van der Waals surface area contributed by atoms with Crippen molar-refractivity contribution in [3.05, 3.63) is 40.2 Å². The lowest BCUT2D eigenvalue weighted by molar-refractivity contribution is -0.141. The number of aromatic nitrogens is 2. The Kier molecular flexibility index (Phi) is 14.0. The molecule has 278 valence electrons. The van der Waals surface area contributed by atoms with E-state index in [4.69, 9.17) is 5.73 Å². The molecule has 2 saturated heterocycles. The van der Waals surface area contributed by atoms with Crippen molar-refractivity contribution in [2.75, 3.05) is 42.6 Å². The Balaban J connectivity index is 1.17. The number of carbonyl (C=O) groups is 5. The minimum atomic E-state index is -1.33. The van der Waals surface area contributed by atoms with E-state index in [9.17, 15) is 32.6 Å². The fourth-order valence-corrected chi connectivity index (χ4v) is 7.34. The second-order valence-corrected chi connectivity index (χ2v) is 15.9. The molecule has 4 rings (SSSR count). The van der Waals surface area contributed by atoms with Crippen LogP contribution in [0.5, 0.6) is 0 Å². The van der Waals surface area contributed by atoms with Gasteiger partial charge in [0.25, 0.3) is 5.91 Å². The first-order chi connectivity index (χ1) is 24.2. The number of benzene rings is 1. The van der Waals surface area contributed by atoms with E-state index in [1.807, 2.05) is 25.1 Å². The largest absolute Gasteiger partial charge is 0.365 e. The van der Waals surface area contributed by atoms with E-state index < -0.39 is 46.1 Å². The van der Waals surface area contributed by atoms with Gasteiger partial charge in [0.2, 0.25) is 23.7 Å². The van der Waals surface area contributed by atoms with Gasteiger partial charge in [-0.05, 0) is 59.2 Å². The van der Waals surface area contributed by atoms with Crippen LogP contribution in [0.1, 0.15) is 69.7 Å². The van der Waals surface area contributed by atoms with Crippen LogP contribution >= 0.6 is 15.9 Å². The van der Waals surface area contributed by atoms with Gasteiger partial charge in [0.15, 0.2) is 0 Å². The fourth-order valence-electron chi connectivity index (χ4n) is 5.89. The number of piperidine rings is 1. The van der Waals surface area contributed by atoms with Gasteiger partial charge in [-0.1, -0.05) is 26.8 Å². The monoisotopic (exact) mass is 793 g/mol. The highest BCUT2D eigenvalue weighted by Gasteiger charge is 2.39. The van der Waals surface area contributed by atoms with Crippen molar-refractivity contribution in [1.82, 2.24) is 29.8 Å². The molecule has 6 N–H and O–H groups in total. The Hall–Kier alpha value is -4.03. The van der Waals surface area contributed by atoms with Crippen molar-refractivity contribution in [2.24, 2.45) is 11.1 Å². The number of halogens is 2. The van der Waals surface area contributed by atoms with Crippen LogP contribution in [-0.2, 0) is 30.2 Å². The van der Waals surface area contributed by atoms with Gasteiger partial charge >= 0.3 is 0 Å². The summed E-state index contributed by atoms with van der Waals surface area (Å²) in [6.07, 6.45) is 4.71. The maximum atomic E-state index is 14.2. The lowest BCUT2D eigenvalue weighted by Gasteiger charge is -2.34. The number of nitrogens with one attached hydrogen (secondary N) is 4. The third kappa shape index (κ3) is 11.0. The summed E-state index contributed by atoms with van der Waals surface area (Å²) in [5.41, 5.74) is 4.64. The summed E-state index contributed by atoms with van der Waals surface area (Å²) >= 11 is 3.36. The van der Waals surface area contributed by atoms with Crippen molar-refractivity contribution in [3.63, 3.8) is 0 Å². The van der Waals surface area contributed by atoms with E-state index in [0.29, 0.717) is 55.1 Å². The molecule has 3 unspecified atom stereocenters. The van der Waals surface area contributed by atoms with Gasteiger partial charge in [-0.15, -0.1) is 0 Å². The lowest BCUT2D eigenvalue weighted by Crippen LogP contribution is -2.56. The topological polar surface area (TPSA) is 209 Å². The molecule has 3 atom stereocenters. The van der Waals surface area contributed by atoms with Gasteiger partial charge in [-0.25, -0.2) is 17.9 Å². The number of primary amides is 1. The van der Waals surface area contributed by atoms with Crippen molar-refractivity contribution >= 4 is 74.3 Å². The number of nitrogens with zero attached hydrogens (tertiary/aromatic N) is 4. The molecular formula is C33H45BrFN9O6S. The number of anilines is 3. The minimum absolute atomic E-state index is 0.0107. The lowest BCUT2D eigenvalue weighted by atomic mass is 9.85. The van der Waals surface area contributed by atoms with E-state index in [0.717, 1.165) is 18.8 Å². The number of rotatable bonds is 15. The zero-order valence-corrected chi connectivity index (χ0v) is 31.3. The molecule has 15 nitrogen and oxygen atoms in total. The van der Waals surface area contributed by atoms with Gasteiger partial charge < -0.3 is 36.7 Å². The highest BCUT2D eigenvalue weighted by Crippen LogP contribution is 2.28. The quantitative estimate of drug-likeness (QED) is 0.166. The normalized spacial score (nSPS) is 18.1. The first-order valence-corrected chi connectivity index (χ1v) is 18.8. The summed E-state index contributed by atoms with van der Waals surface area (Å²) in [7, 11) is -1.33. The maximum Gasteiger partial charge on any atom is 0.253 e. The summed E-state index contributed by atoms with van der Waals surface area (Å²) in [6, 6.07) is 2.77. The molecule has 2 aromatic rings. The number of hydrogen-bond donors (Lipinski definition) is 5. The first kappa shape index (κ1) is 39.8. The molecule has 1 aromatic carbocycles. The number of amides is 4. The number of nitrogens with two attached hydrogens (primary N) is 1. The third-order valence-electron chi connectivity index (χ3n) is 8.67. The van der Waals surface area contributed by atoms with Gasteiger partial charge in [-0.2, -0.15) is 4.98 Å². The molecule has 0 radical (unpaired) electrons. The molecule has 2 aliphatic rings. The second kappa shape index (κ2) is 17.9. The number of aldehydes is 1. The maximum absolute atomic E-state index is 14.2. The Labute approximate surface area is 307 Å². The molecule has 51 heavy (non-hydrogen) atoms. The van der Waals surface area contributed by atoms with Crippen molar-refractivity contribution < 1.29 is 32.6 Å². The molecule has 0 spiro atoms. The van der Waals surface area contributed by atoms with Crippen LogP contribution in [0.3, 0.4) is 0 Å². The molecular weight excluding hydrogens is 749 g/mol. The third-order valence-corrected chi connectivity index (χ3v) is 10.7. The van der Waals surface area contributed by atoms with E-state index in [1.165, 1.54) is 23.2 Å². The van der Waals surface area contributed by atoms with Crippen LogP contribution in [0.4, 0.5) is 21.8 Å². The summed E-state index contributed by atoms with van der Waals surface area (Å²) in [4.78, 5) is 71.8. The van der Waals surface area contributed by atoms with E-state index in [2.05, 4.69) is 47.2 Å². The summed E-state index contributed by atoms with van der Waals surface area (Å²) in [5.74, 6) is -1.95. The molecule has 0 saturated carbocycles. The van der Waals surface area contributed by atoms with Gasteiger partial charge in [-0.3, -0.25) is 19.2 Å². The number of hydrogen-bond acceptors (Lipinski definition) is 10. The van der Waals surface area contributed by atoms with E-state index in [1.54, 1.807) is 0 Å². The van der Waals surface area contributed by atoms with Crippen LogP contribution in [0, 0.1) is 11.2 Å². The average Bonchev–Trinajstić information content (AvgIpc) is 3.56. The van der Waals surface area contributed by atoms with Crippen molar-refractivity contribution in [3.8, 4) is 0 Å². The Morgan fingerprint density at radius 2 is 1.82 bits per heavy atom. The molecule has 0 aliphatic carbocycles. The van der Waals surface area contributed by atoms with Crippen LogP contribution in [-0.4, -0.2) is 103 Å². The predicted octanol–water partition coefficient (Wildman–Crippen LogP) is 2.38. The van der Waals surface area contributed by atoms with Gasteiger partial charge in [0.1, 0.15) is 24.0 Å². The summed E-state index contributed by atoms with van der Waals surface area (Å²) in [5, 5.41) is 11.7. The number of carbonyl (C=O) groups excluding carboxylic acids is 5. The molecule has 2 aliphatic heterocycles.